The Balaban J connectivity index is 2.15. The molecule has 1 heterocycles. The number of rotatable bonds is 4. The fourth-order valence-corrected chi connectivity index (χ4v) is 3.20. The van der Waals surface area contributed by atoms with Crippen molar-refractivity contribution in [2.45, 2.75) is 26.4 Å². The predicted octanol–water partition coefficient (Wildman–Crippen LogP) is 2.10. The Kier molecular flexibility index (Phi) is 4.48. The second kappa shape index (κ2) is 5.93. The average Bonchev–Trinajstić information content (AvgIpc) is 2.72. The molecule has 1 aliphatic rings. The first-order valence-corrected chi connectivity index (χ1v) is 7.18. The van der Waals surface area contributed by atoms with Gasteiger partial charge in [-0.1, -0.05) is 19.1 Å². The summed E-state index contributed by atoms with van der Waals surface area (Å²) >= 11 is 0. The van der Waals surface area contributed by atoms with Crippen LogP contribution in [0.3, 0.4) is 0 Å². The van der Waals surface area contributed by atoms with Crippen molar-refractivity contribution in [3.05, 3.63) is 29.3 Å². The molecule has 2 rings (SSSR count). The van der Waals surface area contributed by atoms with Crippen LogP contribution in [0.4, 0.5) is 5.69 Å². The molecule has 2 atom stereocenters. The first-order chi connectivity index (χ1) is 9.02. The monoisotopic (exact) mass is 261 g/mol. The molecule has 0 amide bonds. The fourth-order valence-electron chi connectivity index (χ4n) is 3.20. The summed E-state index contributed by atoms with van der Waals surface area (Å²) < 4.78 is 0. The molecule has 1 aromatic carbocycles. The van der Waals surface area contributed by atoms with Crippen LogP contribution >= 0.6 is 0 Å². The van der Waals surface area contributed by atoms with Crippen molar-refractivity contribution < 1.29 is 0 Å². The maximum atomic E-state index is 3.21. The third-order valence-electron chi connectivity index (χ3n) is 4.22. The van der Waals surface area contributed by atoms with E-state index in [0.717, 1.165) is 25.6 Å². The van der Waals surface area contributed by atoms with Gasteiger partial charge in [0.05, 0.1) is 0 Å². The van der Waals surface area contributed by atoms with Crippen LogP contribution in [-0.4, -0.2) is 45.2 Å². The molecule has 2 unspecified atom stereocenters. The van der Waals surface area contributed by atoms with Gasteiger partial charge in [-0.25, -0.2) is 0 Å². The first kappa shape index (κ1) is 14.4. The number of nitrogens with one attached hydrogen (secondary N) is 1. The van der Waals surface area contributed by atoms with E-state index in [1.807, 2.05) is 7.05 Å². The Hall–Kier alpha value is -1.06. The predicted molar refractivity (Wildman–Crippen MR) is 82.8 cm³/mol. The molecule has 0 aliphatic carbocycles. The number of nitrogens with zero attached hydrogens (tertiary/aromatic N) is 2. The number of benzene rings is 1. The number of aryl methyl sites for hydroxylation is 1. The van der Waals surface area contributed by atoms with Crippen molar-refractivity contribution in [2.75, 3.05) is 39.1 Å². The number of anilines is 1. The summed E-state index contributed by atoms with van der Waals surface area (Å²) in [5.41, 5.74) is 4.15. The van der Waals surface area contributed by atoms with Gasteiger partial charge in [-0.2, -0.15) is 0 Å². The molecule has 1 saturated heterocycles. The molecular weight excluding hydrogens is 234 g/mol. The molecule has 0 bridgehead atoms. The third-order valence-corrected chi connectivity index (χ3v) is 4.22. The van der Waals surface area contributed by atoms with Crippen molar-refractivity contribution in [3.63, 3.8) is 0 Å². The van der Waals surface area contributed by atoms with E-state index >= 15 is 0 Å². The minimum atomic E-state index is 0.663. The highest BCUT2D eigenvalue weighted by molar-refractivity contribution is 5.55. The Bertz CT molecular complexity index is 428. The Morgan fingerprint density at radius 2 is 2.05 bits per heavy atom. The maximum absolute atomic E-state index is 3.21. The van der Waals surface area contributed by atoms with Gasteiger partial charge in [-0.15, -0.1) is 0 Å². The van der Waals surface area contributed by atoms with Crippen LogP contribution in [0.25, 0.3) is 0 Å². The molecule has 3 heteroatoms. The van der Waals surface area contributed by atoms with Crippen molar-refractivity contribution in [3.8, 4) is 0 Å². The Morgan fingerprint density at radius 3 is 2.58 bits per heavy atom. The van der Waals surface area contributed by atoms with Gasteiger partial charge < -0.3 is 15.1 Å². The SMILES string of the molecule is CNCc1ccc(N2CC(C)C(N(C)C)C2)c(C)c1. The van der Waals surface area contributed by atoms with Gasteiger partial charge in [0.2, 0.25) is 0 Å². The van der Waals surface area contributed by atoms with Crippen molar-refractivity contribution >= 4 is 5.69 Å². The fraction of sp³-hybridized carbons (Fsp3) is 0.625. The summed E-state index contributed by atoms with van der Waals surface area (Å²) in [6.45, 7) is 7.82. The van der Waals surface area contributed by atoms with Crippen LogP contribution in [0.5, 0.6) is 0 Å². The Morgan fingerprint density at radius 1 is 1.32 bits per heavy atom. The molecular formula is C16H27N3. The highest BCUT2D eigenvalue weighted by atomic mass is 15.2. The zero-order valence-electron chi connectivity index (χ0n) is 12.9. The Labute approximate surface area is 117 Å². The summed E-state index contributed by atoms with van der Waals surface area (Å²) in [7, 11) is 6.37. The zero-order valence-corrected chi connectivity index (χ0v) is 12.9. The van der Waals surface area contributed by atoms with Gasteiger partial charge in [0.1, 0.15) is 0 Å². The van der Waals surface area contributed by atoms with Crippen molar-refractivity contribution in [1.82, 2.24) is 10.2 Å². The summed E-state index contributed by atoms with van der Waals surface area (Å²) in [5.74, 6) is 0.728. The topological polar surface area (TPSA) is 18.5 Å². The largest absolute Gasteiger partial charge is 0.369 e. The van der Waals surface area contributed by atoms with Crippen LogP contribution in [-0.2, 0) is 6.54 Å². The second-order valence-corrected chi connectivity index (χ2v) is 6.06. The van der Waals surface area contributed by atoms with E-state index in [2.05, 4.69) is 61.3 Å². The lowest BCUT2D eigenvalue weighted by atomic mass is 10.1. The van der Waals surface area contributed by atoms with Crippen molar-refractivity contribution in [2.24, 2.45) is 5.92 Å². The van der Waals surface area contributed by atoms with E-state index in [-0.39, 0.29) is 0 Å². The van der Waals surface area contributed by atoms with E-state index in [0.29, 0.717) is 6.04 Å². The van der Waals surface area contributed by atoms with E-state index in [4.69, 9.17) is 0 Å². The van der Waals surface area contributed by atoms with Crippen LogP contribution < -0.4 is 10.2 Å². The standard InChI is InChI=1S/C16H27N3/c1-12-8-14(9-17-3)6-7-15(12)19-10-13(2)16(11-19)18(4)5/h6-8,13,16-17H,9-11H2,1-5H3. The van der Waals surface area contributed by atoms with Gasteiger partial charge in [0.25, 0.3) is 0 Å². The van der Waals surface area contributed by atoms with Crippen molar-refractivity contribution in [1.29, 1.82) is 0 Å². The van der Waals surface area contributed by atoms with Gasteiger partial charge in [-0.3, -0.25) is 0 Å². The molecule has 0 spiro atoms. The van der Waals surface area contributed by atoms with E-state index < -0.39 is 0 Å². The van der Waals surface area contributed by atoms with Crippen LogP contribution in [0.1, 0.15) is 18.1 Å². The summed E-state index contributed by atoms with van der Waals surface area (Å²) in [5, 5.41) is 3.21. The summed E-state index contributed by atoms with van der Waals surface area (Å²) in [6.07, 6.45) is 0. The second-order valence-electron chi connectivity index (χ2n) is 6.06. The number of hydrogen-bond acceptors (Lipinski definition) is 3. The smallest absolute Gasteiger partial charge is 0.0396 e. The van der Waals surface area contributed by atoms with E-state index in [1.54, 1.807) is 0 Å². The lowest BCUT2D eigenvalue weighted by Crippen LogP contribution is -2.34. The first-order valence-electron chi connectivity index (χ1n) is 7.18. The number of likely N-dealkylation sites (N-methyl/N-ethyl adjacent to an activating group) is 1. The van der Waals surface area contributed by atoms with Gasteiger partial charge >= 0.3 is 0 Å². The van der Waals surface area contributed by atoms with Gasteiger partial charge in [-0.05, 0) is 51.2 Å². The normalized spacial score (nSPS) is 23.4. The van der Waals surface area contributed by atoms with E-state index in [9.17, 15) is 0 Å². The maximum Gasteiger partial charge on any atom is 0.0396 e. The quantitative estimate of drug-likeness (QED) is 0.895. The van der Waals surface area contributed by atoms with Crippen LogP contribution in [0, 0.1) is 12.8 Å². The third kappa shape index (κ3) is 3.10. The highest BCUT2D eigenvalue weighted by Gasteiger charge is 2.31. The number of hydrogen-bond donors (Lipinski definition) is 1. The molecule has 1 aliphatic heterocycles. The molecule has 0 aromatic heterocycles. The van der Waals surface area contributed by atoms with Gasteiger partial charge in [0, 0.05) is 31.4 Å². The molecule has 1 fully saturated rings. The molecule has 0 saturated carbocycles. The summed E-state index contributed by atoms with van der Waals surface area (Å²) in [6, 6.07) is 7.50. The lowest BCUT2D eigenvalue weighted by molar-refractivity contribution is 0.266. The average molecular weight is 261 g/mol. The summed E-state index contributed by atoms with van der Waals surface area (Å²) in [4.78, 5) is 4.89. The minimum Gasteiger partial charge on any atom is -0.369 e. The molecule has 3 nitrogen and oxygen atoms in total. The molecule has 1 N–H and O–H groups in total. The van der Waals surface area contributed by atoms with E-state index in [1.165, 1.54) is 16.8 Å². The minimum absolute atomic E-state index is 0.663. The van der Waals surface area contributed by atoms with Crippen LogP contribution in [0.15, 0.2) is 18.2 Å². The van der Waals surface area contributed by atoms with Crippen LogP contribution in [0.2, 0.25) is 0 Å². The molecule has 19 heavy (non-hydrogen) atoms. The van der Waals surface area contributed by atoms with Gasteiger partial charge in [0.15, 0.2) is 0 Å². The lowest BCUT2D eigenvalue weighted by Gasteiger charge is -2.24. The molecule has 1 aromatic rings. The highest BCUT2D eigenvalue weighted by Crippen LogP contribution is 2.29. The zero-order chi connectivity index (χ0) is 14.0. The molecule has 0 radical (unpaired) electrons. The molecule has 106 valence electrons.